The van der Waals surface area contributed by atoms with Gasteiger partial charge in [0.2, 0.25) is 0 Å². The van der Waals surface area contributed by atoms with Crippen LogP contribution < -0.4 is 5.32 Å². The van der Waals surface area contributed by atoms with E-state index in [4.69, 9.17) is 11.6 Å². The SMILES string of the molecule is CCCC1CC1NC(=O)c1cncc(Cl)n1. The standard InChI is InChI=1S/C11H14ClN3O/c1-2-3-7-4-8(7)15-11(16)9-5-13-6-10(12)14-9/h5-8H,2-4H2,1H3,(H,15,16). The van der Waals surface area contributed by atoms with Gasteiger partial charge in [-0.3, -0.25) is 9.78 Å². The molecule has 2 atom stereocenters. The van der Waals surface area contributed by atoms with Crippen molar-refractivity contribution in [1.29, 1.82) is 0 Å². The molecule has 0 aromatic carbocycles. The van der Waals surface area contributed by atoms with Gasteiger partial charge in [-0.05, 0) is 18.8 Å². The lowest BCUT2D eigenvalue weighted by molar-refractivity contribution is 0.0943. The van der Waals surface area contributed by atoms with Crippen molar-refractivity contribution in [3.63, 3.8) is 0 Å². The van der Waals surface area contributed by atoms with E-state index in [2.05, 4.69) is 22.2 Å². The minimum Gasteiger partial charge on any atom is -0.348 e. The van der Waals surface area contributed by atoms with Gasteiger partial charge >= 0.3 is 0 Å². The van der Waals surface area contributed by atoms with Crippen LogP contribution in [0.3, 0.4) is 0 Å². The molecular weight excluding hydrogens is 226 g/mol. The minimum atomic E-state index is -0.182. The van der Waals surface area contributed by atoms with Crippen LogP contribution in [0.15, 0.2) is 12.4 Å². The molecule has 1 heterocycles. The number of hydrogen-bond donors (Lipinski definition) is 1. The van der Waals surface area contributed by atoms with Crippen LogP contribution in [-0.2, 0) is 0 Å². The molecule has 1 saturated carbocycles. The average molecular weight is 240 g/mol. The molecule has 2 unspecified atom stereocenters. The van der Waals surface area contributed by atoms with E-state index in [-0.39, 0.29) is 16.8 Å². The molecule has 1 aliphatic carbocycles. The smallest absolute Gasteiger partial charge is 0.271 e. The largest absolute Gasteiger partial charge is 0.348 e. The van der Waals surface area contributed by atoms with Crippen LogP contribution in [0.4, 0.5) is 0 Å². The van der Waals surface area contributed by atoms with E-state index < -0.39 is 0 Å². The van der Waals surface area contributed by atoms with Crippen LogP contribution >= 0.6 is 11.6 Å². The van der Waals surface area contributed by atoms with E-state index in [0.717, 1.165) is 12.8 Å². The van der Waals surface area contributed by atoms with Crippen molar-refractivity contribution in [3.8, 4) is 0 Å². The first kappa shape index (κ1) is 11.3. The van der Waals surface area contributed by atoms with Crippen molar-refractivity contribution < 1.29 is 4.79 Å². The van der Waals surface area contributed by atoms with Crippen molar-refractivity contribution in [1.82, 2.24) is 15.3 Å². The van der Waals surface area contributed by atoms with Gasteiger partial charge in [0.15, 0.2) is 0 Å². The van der Waals surface area contributed by atoms with E-state index >= 15 is 0 Å². The molecule has 0 spiro atoms. The predicted molar refractivity (Wildman–Crippen MR) is 61.3 cm³/mol. The van der Waals surface area contributed by atoms with Crippen LogP contribution in [0.1, 0.15) is 36.7 Å². The Bertz CT molecular complexity index is 397. The molecule has 0 aliphatic heterocycles. The molecule has 0 bridgehead atoms. The summed E-state index contributed by atoms with van der Waals surface area (Å²) in [6.45, 7) is 2.15. The molecule has 86 valence electrons. The molecule has 1 aromatic rings. The summed E-state index contributed by atoms with van der Waals surface area (Å²) < 4.78 is 0. The highest BCUT2D eigenvalue weighted by atomic mass is 35.5. The molecule has 1 N–H and O–H groups in total. The maximum Gasteiger partial charge on any atom is 0.271 e. The normalized spacial score (nSPS) is 22.9. The second-order valence-corrected chi connectivity index (χ2v) is 4.48. The van der Waals surface area contributed by atoms with E-state index in [1.54, 1.807) is 0 Å². The van der Waals surface area contributed by atoms with Gasteiger partial charge in [-0.2, -0.15) is 0 Å². The third-order valence-electron chi connectivity index (χ3n) is 2.74. The molecule has 1 aliphatic rings. The van der Waals surface area contributed by atoms with Crippen molar-refractivity contribution in [2.24, 2.45) is 5.92 Å². The lowest BCUT2D eigenvalue weighted by atomic mass is 10.2. The van der Waals surface area contributed by atoms with Crippen LogP contribution in [0.25, 0.3) is 0 Å². The zero-order valence-corrected chi connectivity index (χ0v) is 9.87. The van der Waals surface area contributed by atoms with Crippen molar-refractivity contribution in [3.05, 3.63) is 23.2 Å². The fourth-order valence-corrected chi connectivity index (χ4v) is 1.96. The molecule has 5 heteroatoms. The summed E-state index contributed by atoms with van der Waals surface area (Å²) in [5.74, 6) is 0.458. The van der Waals surface area contributed by atoms with Crippen LogP contribution in [0, 0.1) is 5.92 Å². The molecule has 16 heavy (non-hydrogen) atoms. The molecule has 1 amide bonds. The Hall–Kier alpha value is -1.16. The quantitative estimate of drug-likeness (QED) is 0.875. The number of carbonyl (C=O) groups excluding carboxylic acids is 1. The van der Waals surface area contributed by atoms with Gasteiger partial charge in [0, 0.05) is 6.04 Å². The first-order valence-corrected chi connectivity index (χ1v) is 5.87. The first-order chi connectivity index (χ1) is 7.70. The summed E-state index contributed by atoms with van der Waals surface area (Å²) in [5, 5.41) is 3.18. The number of halogens is 1. The summed E-state index contributed by atoms with van der Waals surface area (Å²) in [6.07, 6.45) is 6.25. The highest BCUT2D eigenvalue weighted by Gasteiger charge is 2.37. The van der Waals surface area contributed by atoms with E-state index in [1.807, 2.05) is 0 Å². The highest BCUT2D eigenvalue weighted by molar-refractivity contribution is 6.29. The molecule has 4 nitrogen and oxygen atoms in total. The van der Waals surface area contributed by atoms with Crippen molar-refractivity contribution in [2.75, 3.05) is 0 Å². The first-order valence-electron chi connectivity index (χ1n) is 5.49. The molecule has 2 rings (SSSR count). The van der Waals surface area contributed by atoms with Crippen LogP contribution in [0.5, 0.6) is 0 Å². The van der Waals surface area contributed by atoms with Gasteiger partial charge in [-0.15, -0.1) is 0 Å². The maximum absolute atomic E-state index is 11.7. The molecule has 1 aromatic heterocycles. The number of aromatic nitrogens is 2. The Morgan fingerprint density at radius 2 is 2.44 bits per heavy atom. The number of nitrogens with one attached hydrogen (secondary N) is 1. The minimum absolute atomic E-state index is 0.182. The topological polar surface area (TPSA) is 54.9 Å². The summed E-state index contributed by atoms with van der Waals surface area (Å²) in [5.41, 5.74) is 0.287. The Labute approximate surface area is 99.4 Å². The van der Waals surface area contributed by atoms with Gasteiger partial charge in [0.25, 0.3) is 5.91 Å². The number of rotatable bonds is 4. The number of nitrogens with zero attached hydrogens (tertiary/aromatic N) is 2. The number of hydrogen-bond acceptors (Lipinski definition) is 3. The summed E-state index contributed by atoms with van der Waals surface area (Å²) in [4.78, 5) is 19.5. The summed E-state index contributed by atoms with van der Waals surface area (Å²) in [6, 6.07) is 0.313. The lowest BCUT2D eigenvalue weighted by Gasteiger charge is -2.03. The van der Waals surface area contributed by atoms with Gasteiger partial charge in [-0.1, -0.05) is 24.9 Å². The Kier molecular flexibility index (Phi) is 3.39. The van der Waals surface area contributed by atoms with E-state index in [9.17, 15) is 4.79 Å². The zero-order valence-electron chi connectivity index (χ0n) is 9.11. The van der Waals surface area contributed by atoms with Crippen LogP contribution in [0.2, 0.25) is 5.15 Å². The molecule has 0 radical (unpaired) electrons. The van der Waals surface area contributed by atoms with Crippen molar-refractivity contribution >= 4 is 17.5 Å². The van der Waals surface area contributed by atoms with E-state index in [0.29, 0.717) is 12.0 Å². The number of carbonyl (C=O) groups is 1. The second-order valence-electron chi connectivity index (χ2n) is 4.09. The third kappa shape index (κ3) is 2.70. The van der Waals surface area contributed by atoms with Gasteiger partial charge in [0.05, 0.1) is 12.4 Å². The number of amides is 1. The zero-order chi connectivity index (χ0) is 11.5. The average Bonchev–Trinajstić information content (AvgIpc) is 2.97. The van der Waals surface area contributed by atoms with Gasteiger partial charge in [-0.25, -0.2) is 4.98 Å². The Morgan fingerprint density at radius 3 is 3.12 bits per heavy atom. The van der Waals surface area contributed by atoms with Crippen molar-refractivity contribution in [2.45, 2.75) is 32.2 Å². The lowest BCUT2D eigenvalue weighted by Crippen LogP contribution is -2.27. The molecule has 0 saturated heterocycles. The molecule has 1 fully saturated rings. The third-order valence-corrected chi connectivity index (χ3v) is 2.92. The summed E-state index contributed by atoms with van der Waals surface area (Å²) in [7, 11) is 0. The Balaban J connectivity index is 1.90. The summed E-state index contributed by atoms with van der Waals surface area (Å²) >= 11 is 5.67. The van der Waals surface area contributed by atoms with Gasteiger partial charge < -0.3 is 5.32 Å². The molecular formula is C11H14ClN3O. The fraction of sp³-hybridized carbons (Fsp3) is 0.545. The van der Waals surface area contributed by atoms with Crippen LogP contribution in [-0.4, -0.2) is 21.9 Å². The maximum atomic E-state index is 11.7. The van der Waals surface area contributed by atoms with E-state index in [1.165, 1.54) is 18.8 Å². The fourth-order valence-electron chi connectivity index (χ4n) is 1.81. The van der Waals surface area contributed by atoms with Gasteiger partial charge in [0.1, 0.15) is 10.8 Å². The predicted octanol–water partition coefficient (Wildman–Crippen LogP) is 2.05. The second kappa shape index (κ2) is 4.78. The monoisotopic (exact) mass is 239 g/mol. The highest BCUT2D eigenvalue weighted by Crippen LogP contribution is 2.34. The Morgan fingerprint density at radius 1 is 1.62 bits per heavy atom.